The lowest BCUT2D eigenvalue weighted by molar-refractivity contribution is -0.682. The molecule has 25 heavy (non-hydrogen) atoms. The number of anilines is 1. The molecule has 1 amide bonds. The lowest BCUT2D eigenvalue weighted by Gasteiger charge is -2.16. The van der Waals surface area contributed by atoms with Crippen LogP contribution in [-0.2, 0) is 17.6 Å². The molecule has 134 valence electrons. The molecule has 0 spiro atoms. The fourth-order valence-corrected chi connectivity index (χ4v) is 3.05. The minimum absolute atomic E-state index is 0.0253. The molecule has 0 aromatic heterocycles. The van der Waals surface area contributed by atoms with E-state index in [0.717, 1.165) is 29.8 Å². The Labute approximate surface area is 150 Å². The highest BCUT2D eigenvalue weighted by molar-refractivity contribution is 5.93. The molecule has 2 aromatic carbocycles. The van der Waals surface area contributed by atoms with Crippen LogP contribution in [0.2, 0.25) is 0 Å². The highest BCUT2D eigenvalue weighted by atomic mass is 16.5. The molecule has 0 aliphatic heterocycles. The maximum absolute atomic E-state index is 12.5. The smallest absolute Gasteiger partial charge is 0.279 e. The predicted octanol–water partition coefficient (Wildman–Crippen LogP) is 3.08. The Balaban J connectivity index is 2.02. The SMILES string of the molecule is CCc1cccc(CC)c1NC(=O)C[NH2+][C@@H](C)c1ccccc1OC. The van der Waals surface area contributed by atoms with Crippen molar-refractivity contribution in [2.24, 2.45) is 0 Å². The van der Waals surface area contributed by atoms with Crippen LogP contribution in [0.1, 0.15) is 43.5 Å². The van der Waals surface area contributed by atoms with Crippen molar-refractivity contribution < 1.29 is 14.8 Å². The number of benzene rings is 2. The summed E-state index contributed by atoms with van der Waals surface area (Å²) in [6, 6.07) is 14.3. The number of hydrogen-bond donors (Lipinski definition) is 2. The topological polar surface area (TPSA) is 54.9 Å². The Kier molecular flexibility index (Phi) is 7.02. The van der Waals surface area contributed by atoms with E-state index in [9.17, 15) is 4.79 Å². The van der Waals surface area contributed by atoms with Crippen molar-refractivity contribution in [1.29, 1.82) is 0 Å². The standard InChI is InChI=1S/C21H28N2O2/c1-5-16-10-9-11-17(6-2)21(16)23-20(24)14-22-15(3)18-12-7-8-13-19(18)25-4/h7-13,15,22H,5-6,14H2,1-4H3,(H,23,24)/p+1/t15-/m0/s1. The van der Waals surface area contributed by atoms with Crippen LogP contribution in [-0.4, -0.2) is 19.6 Å². The number of carbonyl (C=O) groups is 1. The van der Waals surface area contributed by atoms with Gasteiger partial charge in [-0.25, -0.2) is 0 Å². The lowest BCUT2D eigenvalue weighted by Crippen LogP contribution is -2.86. The number of para-hydroxylation sites is 2. The highest BCUT2D eigenvalue weighted by Crippen LogP contribution is 2.23. The van der Waals surface area contributed by atoms with Gasteiger partial charge in [0, 0.05) is 5.69 Å². The highest BCUT2D eigenvalue weighted by Gasteiger charge is 2.16. The van der Waals surface area contributed by atoms with Gasteiger partial charge in [0.15, 0.2) is 6.54 Å². The molecule has 0 saturated heterocycles. The Hall–Kier alpha value is -2.33. The molecule has 1 atom stereocenters. The van der Waals surface area contributed by atoms with Crippen LogP contribution in [0.25, 0.3) is 0 Å². The van der Waals surface area contributed by atoms with E-state index in [1.165, 1.54) is 11.1 Å². The monoisotopic (exact) mass is 341 g/mol. The maximum atomic E-state index is 12.5. The number of methoxy groups -OCH3 is 1. The maximum Gasteiger partial charge on any atom is 0.279 e. The van der Waals surface area contributed by atoms with E-state index >= 15 is 0 Å². The van der Waals surface area contributed by atoms with Crippen LogP contribution in [0.5, 0.6) is 5.75 Å². The van der Waals surface area contributed by atoms with Crippen molar-refractivity contribution >= 4 is 11.6 Å². The summed E-state index contributed by atoms with van der Waals surface area (Å²) in [5.74, 6) is 0.883. The van der Waals surface area contributed by atoms with E-state index < -0.39 is 0 Å². The summed E-state index contributed by atoms with van der Waals surface area (Å²) in [5, 5.41) is 5.15. The molecular formula is C21H29N2O2+. The zero-order valence-corrected chi connectivity index (χ0v) is 15.6. The second-order valence-corrected chi connectivity index (χ2v) is 6.18. The van der Waals surface area contributed by atoms with Gasteiger partial charge in [-0.15, -0.1) is 0 Å². The third kappa shape index (κ3) is 4.83. The van der Waals surface area contributed by atoms with Crippen LogP contribution >= 0.6 is 0 Å². The van der Waals surface area contributed by atoms with Crippen LogP contribution in [0.3, 0.4) is 0 Å². The second kappa shape index (κ2) is 9.23. The van der Waals surface area contributed by atoms with Gasteiger partial charge in [0.25, 0.3) is 5.91 Å². The molecule has 2 aromatic rings. The molecule has 0 aliphatic carbocycles. The third-order valence-electron chi connectivity index (χ3n) is 4.55. The first-order valence-corrected chi connectivity index (χ1v) is 8.97. The first-order chi connectivity index (χ1) is 12.1. The van der Waals surface area contributed by atoms with E-state index in [1.807, 2.05) is 29.6 Å². The fourth-order valence-electron chi connectivity index (χ4n) is 3.05. The average molecular weight is 341 g/mol. The van der Waals surface area contributed by atoms with Crippen LogP contribution in [0.15, 0.2) is 42.5 Å². The lowest BCUT2D eigenvalue weighted by atomic mass is 10.0. The van der Waals surface area contributed by atoms with Gasteiger partial charge in [0.05, 0.1) is 12.7 Å². The Morgan fingerprint density at radius 2 is 1.72 bits per heavy atom. The molecule has 0 unspecified atom stereocenters. The minimum atomic E-state index is 0.0253. The quantitative estimate of drug-likeness (QED) is 0.775. The Bertz CT molecular complexity index is 691. The molecule has 0 fully saturated rings. The zero-order chi connectivity index (χ0) is 18.2. The summed E-state index contributed by atoms with van der Waals surface area (Å²) >= 11 is 0. The number of rotatable bonds is 8. The number of nitrogens with two attached hydrogens (primary N) is 1. The fraction of sp³-hybridized carbons (Fsp3) is 0.381. The predicted molar refractivity (Wildman–Crippen MR) is 102 cm³/mol. The van der Waals surface area contributed by atoms with E-state index in [1.54, 1.807) is 7.11 Å². The summed E-state index contributed by atoms with van der Waals surface area (Å²) in [6.07, 6.45) is 1.82. The van der Waals surface area contributed by atoms with Crippen molar-refractivity contribution in [2.45, 2.75) is 39.7 Å². The molecule has 2 rings (SSSR count). The first-order valence-electron chi connectivity index (χ1n) is 8.97. The summed E-state index contributed by atoms with van der Waals surface area (Å²) in [6.45, 7) is 6.68. The Morgan fingerprint density at radius 1 is 1.08 bits per heavy atom. The normalized spacial score (nSPS) is 11.8. The van der Waals surface area contributed by atoms with Crippen LogP contribution < -0.4 is 15.4 Å². The first kappa shape index (κ1) is 19.0. The van der Waals surface area contributed by atoms with Gasteiger partial charge < -0.3 is 15.4 Å². The van der Waals surface area contributed by atoms with Crippen molar-refractivity contribution in [3.63, 3.8) is 0 Å². The van der Waals surface area contributed by atoms with E-state index in [2.05, 4.69) is 44.3 Å². The van der Waals surface area contributed by atoms with Crippen molar-refractivity contribution in [2.75, 3.05) is 19.0 Å². The molecular weight excluding hydrogens is 312 g/mol. The van der Waals surface area contributed by atoms with Gasteiger partial charge in [-0.3, -0.25) is 4.79 Å². The van der Waals surface area contributed by atoms with Crippen molar-refractivity contribution in [3.8, 4) is 5.75 Å². The van der Waals surface area contributed by atoms with Gasteiger partial charge in [0.2, 0.25) is 0 Å². The summed E-state index contributed by atoms with van der Waals surface area (Å²) in [4.78, 5) is 12.5. The minimum Gasteiger partial charge on any atom is -0.496 e. The molecule has 4 heteroatoms. The number of aryl methyl sites for hydroxylation is 2. The van der Waals surface area contributed by atoms with Gasteiger partial charge in [-0.2, -0.15) is 0 Å². The number of nitrogens with one attached hydrogen (secondary N) is 1. The summed E-state index contributed by atoms with van der Waals surface area (Å²) < 4.78 is 5.41. The number of quaternary nitrogens is 1. The van der Waals surface area contributed by atoms with Gasteiger partial charge in [-0.05, 0) is 43.0 Å². The largest absolute Gasteiger partial charge is 0.496 e. The number of amides is 1. The van der Waals surface area contributed by atoms with Crippen molar-refractivity contribution in [3.05, 3.63) is 59.2 Å². The van der Waals surface area contributed by atoms with Crippen molar-refractivity contribution in [1.82, 2.24) is 0 Å². The van der Waals surface area contributed by atoms with E-state index in [-0.39, 0.29) is 11.9 Å². The van der Waals surface area contributed by atoms with Gasteiger partial charge in [-0.1, -0.05) is 44.2 Å². The van der Waals surface area contributed by atoms with Gasteiger partial charge >= 0.3 is 0 Å². The number of carbonyl (C=O) groups excluding carboxylic acids is 1. The molecule has 0 saturated carbocycles. The average Bonchev–Trinajstić information content (AvgIpc) is 2.66. The Morgan fingerprint density at radius 3 is 2.32 bits per heavy atom. The molecule has 0 aliphatic rings. The molecule has 3 N–H and O–H groups in total. The molecule has 0 heterocycles. The number of ether oxygens (including phenoxy) is 1. The summed E-state index contributed by atoms with van der Waals surface area (Å²) in [7, 11) is 1.67. The van der Waals surface area contributed by atoms with Crippen LogP contribution in [0.4, 0.5) is 5.69 Å². The van der Waals surface area contributed by atoms with Gasteiger partial charge in [0.1, 0.15) is 11.8 Å². The summed E-state index contributed by atoms with van der Waals surface area (Å²) in [5.41, 5.74) is 4.45. The van der Waals surface area contributed by atoms with Crippen LogP contribution in [0, 0.1) is 0 Å². The third-order valence-corrected chi connectivity index (χ3v) is 4.55. The molecule has 0 radical (unpaired) electrons. The second-order valence-electron chi connectivity index (χ2n) is 6.18. The molecule has 4 nitrogen and oxygen atoms in total. The van der Waals surface area contributed by atoms with E-state index in [4.69, 9.17) is 4.74 Å². The molecule has 0 bridgehead atoms. The number of hydrogen-bond acceptors (Lipinski definition) is 2. The zero-order valence-electron chi connectivity index (χ0n) is 15.6. The van der Waals surface area contributed by atoms with E-state index in [0.29, 0.717) is 6.54 Å².